The van der Waals surface area contributed by atoms with Crippen molar-refractivity contribution >= 4 is 17.1 Å². The molecule has 2 atom stereocenters. The summed E-state index contributed by atoms with van der Waals surface area (Å²) in [6, 6.07) is 6.46. The van der Waals surface area contributed by atoms with Crippen molar-refractivity contribution in [3.63, 3.8) is 0 Å². The molecule has 3 rings (SSSR count). The van der Waals surface area contributed by atoms with Crippen LogP contribution in [0.5, 0.6) is 0 Å². The monoisotopic (exact) mass is 233 g/mol. The Kier molecular flexibility index (Phi) is 2.59. The van der Waals surface area contributed by atoms with Gasteiger partial charge < -0.3 is 21.1 Å². The molecule has 17 heavy (non-hydrogen) atoms. The lowest BCUT2D eigenvalue weighted by atomic mass is 10.1. The summed E-state index contributed by atoms with van der Waals surface area (Å²) in [6.45, 7) is 1.76. The maximum atomic E-state index is 5.88. The lowest BCUT2D eigenvalue weighted by molar-refractivity contribution is 0.0256. The largest absolute Gasteiger partial charge is 0.397 e. The smallest absolute Gasteiger partial charge is 0.0779 e. The first-order chi connectivity index (χ1) is 8.25. The van der Waals surface area contributed by atoms with Crippen molar-refractivity contribution < 1.29 is 4.74 Å². The van der Waals surface area contributed by atoms with Crippen molar-refractivity contribution in [1.29, 1.82) is 0 Å². The minimum absolute atomic E-state index is 0.405. The summed E-state index contributed by atoms with van der Waals surface area (Å²) in [6.07, 6.45) is 4.07. The summed E-state index contributed by atoms with van der Waals surface area (Å²) < 4.78 is 5.81. The highest BCUT2D eigenvalue weighted by atomic mass is 16.5. The van der Waals surface area contributed by atoms with Crippen LogP contribution in [0.4, 0.5) is 17.1 Å². The quantitative estimate of drug-likeness (QED) is 0.723. The molecule has 0 spiro atoms. The van der Waals surface area contributed by atoms with Gasteiger partial charge in [-0.3, -0.25) is 0 Å². The van der Waals surface area contributed by atoms with Gasteiger partial charge >= 0.3 is 0 Å². The Morgan fingerprint density at radius 2 is 2.06 bits per heavy atom. The van der Waals surface area contributed by atoms with Gasteiger partial charge in [-0.25, -0.2) is 0 Å². The van der Waals surface area contributed by atoms with Gasteiger partial charge in [0.2, 0.25) is 0 Å². The van der Waals surface area contributed by atoms with E-state index in [1.54, 1.807) is 0 Å². The third-order valence-corrected chi connectivity index (χ3v) is 3.88. The van der Waals surface area contributed by atoms with Crippen molar-refractivity contribution in [2.24, 2.45) is 0 Å². The Morgan fingerprint density at radius 3 is 2.88 bits per heavy atom. The topological polar surface area (TPSA) is 64.5 Å². The normalized spacial score (nSPS) is 28.1. The minimum atomic E-state index is 0.405. The third-order valence-electron chi connectivity index (χ3n) is 3.88. The SMILES string of the molecule is Nc1ccc(N2CCOC3CCCC32)cc1N. The Labute approximate surface area is 102 Å². The highest BCUT2D eigenvalue weighted by Gasteiger charge is 2.36. The number of morpholine rings is 1. The molecule has 4 nitrogen and oxygen atoms in total. The fraction of sp³-hybridized carbons (Fsp3) is 0.538. The summed E-state index contributed by atoms with van der Waals surface area (Å²) in [5.74, 6) is 0. The zero-order valence-electron chi connectivity index (χ0n) is 9.93. The fourth-order valence-corrected chi connectivity index (χ4v) is 2.99. The molecule has 0 aromatic heterocycles. The van der Waals surface area contributed by atoms with Gasteiger partial charge in [0.1, 0.15) is 0 Å². The van der Waals surface area contributed by atoms with Crippen LogP contribution in [-0.4, -0.2) is 25.3 Å². The van der Waals surface area contributed by atoms with Gasteiger partial charge in [-0.05, 0) is 37.5 Å². The van der Waals surface area contributed by atoms with E-state index < -0.39 is 0 Å². The number of hydrogen-bond donors (Lipinski definition) is 2. The Bertz CT molecular complexity index is 421. The highest BCUT2D eigenvalue weighted by molar-refractivity contribution is 5.70. The van der Waals surface area contributed by atoms with E-state index in [1.807, 2.05) is 12.1 Å². The predicted octanol–water partition coefficient (Wildman–Crippen LogP) is 1.61. The van der Waals surface area contributed by atoms with E-state index >= 15 is 0 Å². The van der Waals surface area contributed by atoms with Crippen LogP contribution in [-0.2, 0) is 4.74 Å². The molecule has 1 saturated heterocycles. The molecular weight excluding hydrogens is 214 g/mol. The molecule has 1 aromatic carbocycles. The number of hydrogen-bond acceptors (Lipinski definition) is 4. The van der Waals surface area contributed by atoms with Gasteiger partial charge in [0.05, 0.1) is 30.1 Å². The van der Waals surface area contributed by atoms with Gasteiger partial charge in [0.25, 0.3) is 0 Å². The Balaban J connectivity index is 1.89. The molecule has 0 bridgehead atoms. The highest BCUT2D eigenvalue weighted by Crippen LogP contribution is 2.34. The lowest BCUT2D eigenvalue weighted by Crippen LogP contribution is -2.48. The number of nitrogens with two attached hydrogens (primary N) is 2. The third kappa shape index (κ3) is 1.82. The van der Waals surface area contributed by atoms with Gasteiger partial charge in [-0.2, -0.15) is 0 Å². The Morgan fingerprint density at radius 1 is 1.18 bits per heavy atom. The van der Waals surface area contributed by atoms with Crippen molar-refractivity contribution in [2.75, 3.05) is 29.5 Å². The Hall–Kier alpha value is -1.42. The number of rotatable bonds is 1. The number of nitrogen functional groups attached to an aromatic ring is 2. The number of fused-ring (bicyclic) bond motifs is 1. The van der Waals surface area contributed by atoms with Gasteiger partial charge in [0, 0.05) is 12.2 Å². The molecule has 1 saturated carbocycles. The first kappa shape index (κ1) is 10.7. The van der Waals surface area contributed by atoms with Crippen molar-refractivity contribution in [3.8, 4) is 0 Å². The summed E-state index contributed by atoms with van der Waals surface area (Å²) in [7, 11) is 0. The molecule has 1 heterocycles. The number of anilines is 3. The van der Waals surface area contributed by atoms with E-state index in [4.69, 9.17) is 16.2 Å². The van der Waals surface area contributed by atoms with Crippen LogP contribution in [0, 0.1) is 0 Å². The number of ether oxygens (including phenoxy) is 1. The molecule has 0 radical (unpaired) electrons. The van der Waals surface area contributed by atoms with Crippen molar-refractivity contribution in [1.82, 2.24) is 0 Å². The average molecular weight is 233 g/mol. The van der Waals surface area contributed by atoms with Crippen LogP contribution in [0.3, 0.4) is 0 Å². The minimum Gasteiger partial charge on any atom is -0.397 e. The molecular formula is C13H19N3O. The molecule has 92 valence electrons. The number of benzene rings is 1. The second kappa shape index (κ2) is 4.11. The van der Waals surface area contributed by atoms with E-state index in [9.17, 15) is 0 Å². The average Bonchev–Trinajstić information content (AvgIpc) is 2.80. The summed E-state index contributed by atoms with van der Waals surface area (Å²) in [4.78, 5) is 2.43. The van der Waals surface area contributed by atoms with Gasteiger partial charge in [0.15, 0.2) is 0 Å². The lowest BCUT2D eigenvalue weighted by Gasteiger charge is -2.39. The van der Waals surface area contributed by atoms with Crippen molar-refractivity contribution in [3.05, 3.63) is 18.2 Å². The molecule has 1 aromatic rings. The molecule has 1 aliphatic heterocycles. The zero-order valence-corrected chi connectivity index (χ0v) is 9.93. The summed E-state index contributed by atoms with van der Waals surface area (Å²) in [5.41, 5.74) is 14.1. The van der Waals surface area contributed by atoms with E-state index in [-0.39, 0.29) is 0 Å². The standard InChI is InChI=1S/C13H19N3O/c14-10-5-4-9(8-11(10)15)16-6-7-17-13-3-1-2-12(13)16/h4-5,8,12-13H,1-3,6-7,14-15H2. The van der Waals surface area contributed by atoms with Crippen molar-refractivity contribution in [2.45, 2.75) is 31.4 Å². The van der Waals surface area contributed by atoms with E-state index in [0.29, 0.717) is 23.5 Å². The van der Waals surface area contributed by atoms with Crippen LogP contribution < -0.4 is 16.4 Å². The molecule has 1 aliphatic carbocycles. The first-order valence-corrected chi connectivity index (χ1v) is 6.29. The molecule has 0 amide bonds. The van der Waals surface area contributed by atoms with Gasteiger partial charge in [-0.1, -0.05) is 0 Å². The fourth-order valence-electron chi connectivity index (χ4n) is 2.99. The second-order valence-corrected chi connectivity index (χ2v) is 4.91. The molecule has 2 aliphatic rings. The van der Waals surface area contributed by atoms with Gasteiger partial charge in [-0.15, -0.1) is 0 Å². The molecule has 4 N–H and O–H groups in total. The molecule has 2 unspecified atom stereocenters. The van der Waals surface area contributed by atoms with E-state index in [1.165, 1.54) is 24.9 Å². The predicted molar refractivity (Wildman–Crippen MR) is 70.0 cm³/mol. The maximum absolute atomic E-state index is 5.88. The van der Waals surface area contributed by atoms with Crippen LogP contribution in [0.1, 0.15) is 19.3 Å². The van der Waals surface area contributed by atoms with Crippen LogP contribution in [0.15, 0.2) is 18.2 Å². The zero-order chi connectivity index (χ0) is 11.8. The van der Waals surface area contributed by atoms with E-state index in [0.717, 1.165) is 13.2 Å². The number of nitrogens with zero attached hydrogens (tertiary/aromatic N) is 1. The molecule has 2 fully saturated rings. The van der Waals surface area contributed by atoms with E-state index in [2.05, 4.69) is 11.0 Å². The summed E-state index contributed by atoms with van der Waals surface area (Å²) >= 11 is 0. The second-order valence-electron chi connectivity index (χ2n) is 4.91. The van der Waals surface area contributed by atoms with Crippen LogP contribution >= 0.6 is 0 Å². The summed E-state index contributed by atoms with van der Waals surface area (Å²) in [5, 5.41) is 0. The first-order valence-electron chi connectivity index (χ1n) is 6.29. The molecule has 4 heteroatoms. The van der Waals surface area contributed by atoms with Crippen LogP contribution in [0.2, 0.25) is 0 Å². The van der Waals surface area contributed by atoms with Crippen LogP contribution in [0.25, 0.3) is 0 Å². The maximum Gasteiger partial charge on any atom is 0.0779 e.